The highest BCUT2D eigenvalue weighted by Crippen LogP contribution is 2.20. The summed E-state index contributed by atoms with van der Waals surface area (Å²) in [6.45, 7) is 5.46. The number of amides is 1. The number of hydrogen-bond donors (Lipinski definition) is 1. The molecule has 1 fully saturated rings. The summed E-state index contributed by atoms with van der Waals surface area (Å²) in [5, 5.41) is 12.1. The van der Waals surface area contributed by atoms with Crippen LogP contribution >= 0.6 is 11.6 Å². The van der Waals surface area contributed by atoms with Crippen molar-refractivity contribution in [1.82, 2.24) is 15.5 Å². The molecule has 2 aromatic rings. The molecule has 1 aromatic heterocycles. The minimum atomic E-state index is -0.0724. The van der Waals surface area contributed by atoms with Gasteiger partial charge in [0.25, 0.3) is 5.91 Å². The van der Waals surface area contributed by atoms with E-state index in [9.17, 15) is 4.79 Å². The molecule has 1 unspecified atom stereocenters. The monoisotopic (exact) mass is 344 g/mol. The zero-order chi connectivity index (χ0) is 17.1. The molecule has 126 valence electrons. The lowest BCUT2D eigenvalue weighted by molar-refractivity contribution is 0.0932. The highest BCUT2D eigenvalue weighted by atomic mass is 35.5. The van der Waals surface area contributed by atoms with Gasteiger partial charge in [0.05, 0.1) is 5.69 Å². The van der Waals surface area contributed by atoms with Crippen LogP contribution in [-0.4, -0.2) is 35.2 Å². The van der Waals surface area contributed by atoms with E-state index in [-0.39, 0.29) is 11.9 Å². The lowest BCUT2D eigenvalue weighted by Crippen LogP contribution is -2.48. The molecular weight excluding hydrogens is 324 g/mol. The molecule has 1 N–H and O–H groups in total. The largest absolute Gasteiger partial charge is 0.353 e. The van der Waals surface area contributed by atoms with Crippen LogP contribution in [0, 0.1) is 13.8 Å². The quantitative estimate of drug-likeness (QED) is 0.929. The summed E-state index contributed by atoms with van der Waals surface area (Å²) in [6, 6.07) is 9.44. The molecule has 1 aliphatic heterocycles. The first-order chi connectivity index (χ1) is 11.5. The number of anilines is 1. The second-order valence-corrected chi connectivity index (χ2v) is 6.61. The normalized spacial score (nSPS) is 17.6. The Morgan fingerprint density at radius 2 is 2.08 bits per heavy atom. The lowest BCUT2D eigenvalue weighted by atomic mass is 10.0. The van der Waals surface area contributed by atoms with Gasteiger partial charge in [0.2, 0.25) is 0 Å². The van der Waals surface area contributed by atoms with Crippen LogP contribution in [0.3, 0.4) is 0 Å². The summed E-state index contributed by atoms with van der Waals surface area (Å²) in [4.78, 5) is 14.7. The average molecular weight is 345 g/mol. The predicted molar refractivity (Wildman–Crippen MR) is 95.7 cm³/mol. The van der Waals surface area contributed by atoms with Crippen molar-refractivity contribution in [3.05, 3.63) is 52.2 Å². The molecule has 1 saturated heterocycles. The van der Waals surface area contributed by atoms with E-state index in [0.29, 0.717) is 10.6 Å². The van der Waals surface area contributed by atoms with Gasteiger partial charge in [-0.2, -0.15) is 5.10 Å². The molecule has 1 amide bonds. The highest BCUT2D eigenvalue weighted by Gasteiger charge is 2.23. The first-order valence-corrected chi connectivity index (χ1v) is 8.53. The number of rotatable bonds is 3. The number of benzene rings is 1. The van der Waals surface area contributed by atoms with E-state index in [2.05, 4.69) is 20.4 Å². The molecule has 24 heavy (non-hydrogen) atoms. The molecule has 6 heteroatoms. The zero-order valence-corrected chi connectivity index (χ0v) is 14.7. The number of aromatic nitrogens is 2. The topological polar surface area (TPSA) is 58.1 Å². The van der Waals surface area contributed by atoms with Crippen molar-refractivity contribution in [2.24, 2.45) is 0 Å². The fraction of sp³-hybridized carbons (Fsp3) is 0.389. The van der Waals surface area contributed by atoms with Gasteiger partial charge in [0.1, 0.15) is 0 Å². The second-order valence-electron chi connectivity index (χ2n) is 6.20. The van der Waals surface area contributed by atoms with Crippen LogP contribution in [0.15, 0.2) is 30.3 Å². The molecule has 5 nitrogen and oxygen atoms in total. The van der Waals surface area contributed by atoms with Crippen LogP contribution in [0.1, 0.15) is 34.5 Å². The van der Waals surface area contributed by atoms with E-state index in [1.165, 1.54) is 0 Å². The van der Waals surface area contributed by atoms with E-state index in [4.69, 9.17) is 11.6 Å². The van der Waals surface area contributed by atoms with Gasteiger partial charge in [0, 0.05) is 29.7 Å². The third-order valence-corrected chi connectivity index (χ3v) is 4.79. The molecule has 0 bridgehead atoms. The molecule has 0 radical (unpaired) electrons. The maximum atomic E-state index is 12.6. The number of carbonyl (C=O) groups excluding carboxylic acids is 1. The Morgan fingerprint density at radius 1 is 1.25 bits per heavy atom. The van der Waals surface area contributed by atoms with Gasteiger partial charge in [-0.15, -0.1) is 5.10 Å². The minimum absolute atomic E-state index is 0.0724. The van der Waals surface area contributed by atoms with Crippen molar-refractivity contribution in [3.63, 3.8) is 0 Å². The Balaban J connectivity index is 1.68. The van der Waals surface area contributed by atoms with E-state index >= 15 is 0 Å². The van der Waals surface area contributed by atoms with Gasteiger partial charge >= 0.3 is 0 Å². The van der Waals surface area contributed by atoms with Gasteiger partial charge in [0.15, 0.2) is 5.82 Å². The smallest absolute Gasteiger partial charge is 0.251 e. The predicted octanol–water partition coefficient (Wildman–Crippen LogP) is 3.15. The third-order valence-electron chi connectivity index (χ3n) is 4.38. The number of nitrogens with zero attached hydrogens (tertiary/aromatic N) is 3. The Labute approximate surface area is 147 Å². The summed E-state index contributed by atoms with van der Waals surface area (Å²) in [5.74, 6) is 0.787. The van der Waals surface area contributed by atoms with Crippen molar-refractivity contribution < 1.29 is 4.79 Å². The van der Waals surface area contributed by atoms with Crippen LogP contribution in [-0.2, 0) is 0 Å². The number of aryl methyl sites for hydroxylation is 1. The maximum absolute atomic E-state index is 12.6. The Morgan fingerprint density at radius 3 is 2.83 bits per heavy atom. The first kappa shape index (κ1) is 16.7. The average Bonchev–Trinajstić information content (AvgIpc) is 2.58. The van der Waals surface area contributed by atoms with Crippen molar-refractivity contribution in [2.45, 2.75) is 32.7 Å². The van der Waals surface area contributed by atoms with Crippen molar-refractivity contribution in [2.75, 3.05) is 18.0 Å². The molecule has 2 heterocycles. The van der Waals surface area contributed by atoms with E-state index in [1.807, 2.05) is 32.0 Å². The molecule has 1 aromatic carbocycles. The Kier molecular flexibility index (Phi) is 5.00. The van der Waals surface area contributed by atoms with E-state index in [1.54, 1.807) is 12.1 Å². The molecule has 0 aliphatic carbocycles. The fourth-order valence-electron chi connectivity index (χ4n) is 2.98. The van der Waals surface area contributed by atoms with E-state index < -0.39 is 0 Å². The zero-order valence-electron chi connectivity index (χ0n) is 13.9. The van der Waals surface area contributed by atoms with Crippen LogP contribution in [0.5, 0.6) is 0 Å². The Bertz CT molecular complexity index is 732. The number of piperidine rings is 1. The lowest BCUT2D eigenvalue weighted by Gasteiger charge is -2.33. The minimum Gasteiger partial charge on any atom is -0.353 e. The van der Waals surface area contributed by atoms with Crippen LogP contribution in [0.2, 0.25) is 5.02 Å². The van der Waals surface area contributed by atoms with Gasteiger partial charge in [-0.25, -0.2) is 0 Å². The number of hydrogen-bond acceptors (Lipinski definition) is 4. The molecule has 1 atom stereocenters. The first-order valence-electron chi connectivity index (χ1n) is 8.16. The molecule has 1 aliphatic rings. The Hall–Kier alpha value is -2.14. The van der Waals surface area contributed by atoms with E-state index in [0.717, 1.165) is 43.0 Å². The van der Waals surface area contributed by atoms with Crippen LogP contribution in [0.25, 0.3) is 0 Å². The van der Waals surface area contributed by atoms with Crippen LogP contribution in [0.4, 0.5) is 5.82 Å². The SMILES string of the molecule is Cc1ccc(N2CCCC(NC(=O)c3cccc(Cl)c3C)C2)nn1. The van der Waals surface area contributed by atoms with Gasteiger partial charge in [-0.1, -0.05) is 17.7 Å². The third kappa shape index (κ3) is 3.67. The number of carbonyl (C=O) groups is 1. The summed E-state index contributed by atoms with van der Waals surface area (Å²) in [5.41, 5.74) is 2.35. The molecule has 0 saturated carbocycles. The highest BCUT2D eigenvalue weighted by molar-refractivity contribution is 6.31. The van der Waals surface area contributed by atoms with Gasteiger partial charge in [-0.05, 0) is 56.5 Å². The summed E-state index contributed by atoms with van der Waals surface area (Å²) in [7, 11) is 0. The van der Waals surface area contributed by atoms with Gasteiger partial charge < -0.3 is 10.2 Å². The van der Waals surface area contributed by atoms with Crippen molar-refractivity contribution in [1.29, 1.82) is 0 Å². The standard InChI is InChI=1S/C18H21ClN4O/c1-12-8-9-17(22-21-12)23-10-4-5-14(11-23)20-18(24)15-6-3-7-16(19)13(15)2/h3,6-9,14H,4-5,10-11H2,1-2H3,(H,20,24). The summed E-state index contributed by atoms with van der Waals surface area (Å²) in [6.07, 6.45) is 1.97. The number of nitrogens with one attached hydrogen (secondary N) is 1. The van der Waals surface area contributed by atoms with Gasteiger partial charge in [-0.3, -0.25) is 4.79 Å². The number of halogens is 1. The molecule has 0 spiro atoms. The van der Waals surface area contributed by atoms with Crippen molar-refractivity contribution in [3.8, 4) is 0 Å². The summed E-state index contributed by atoms with van der Waals surface area (Å²) < 4.78 is 0. The second kappa shape index (κ2) is 7.18. The van der Waals surface area contributed by atoms with Crippen LogP contribution < -0.4 is 10.2 Å². The molecular formula is C18H21ClN4O. The maximum Gasteiger partial charge on any atom is 0.251 e. The fourth-order valence-corrected chi connectivity index (χ4v) is 3.15. The van der Waals surface area contributed by atoms with Crippen molar-refractivity contribution >= 4 is 23.3 Å². The summed E-state index contributed by atoms with van der Waals surface area (Å²) >= 11 is 6.11. The molecule has 3 rings (SSSR count).